The highest BCUT2D eigenvalue weighted by atomic mass is 16.5. The van der Waals surface area contributed by atoms with Gasteiger partial charge in [0.05, 0.1) is 5.56 Å². The van der Waals surface area contributed by atoms with E-state index in [-0.39, 0.29) is 11.3 Å². The Balaban J connectivity index is 2.21. The maximum Gasteiger partial charge on any atom is 0.337 e. The molecule has 0 amide bonds. The molecule has 0 aliphatic rings. The van der Waals surface area contributed by atoms with E-state index >= 15 is 0 Å². The number of nitrogens with two attached hydrogens (primary N) is 1. The number of hydrogen-bond donors (Lipinski definition) is 2. The highest BCUT2D eigenvalue weighted by Gasteiger charge is 2.09. The van der Waals surface area contributed by atoms with Crippen LogP contribution in [0.5, 0.6) is 11.5 Å². The van der Waals surface area contributed by atoms with Gasteiger partial charge >= 0.3 is 5.97 Å². The van der Waals surface area contributed by atoms with E-state index in [1.165, 1.54) is 17.7 Å². The standard InChI is InChI=1S/C16H17NO3/c1-10(2)11-3-5-12(6-4-11)20-13-7-8-15(17)14(9-13)16(18)19/h3-10H,17H2,1-2H3,(H,18,19). The summed E-state index contributed by atoms with van der Waals surface area (Å²) in [6.45, 7) is 4.24. The smallest absolute Gasteiger partial charge is 0.337 e. The largest absolute Gasteiger partial charge is 0.478 e. The lowest BCUT2D eigenvalue weighted by Gasteiger charge is -2.10. The second-order valence-electron chi connectivity index (χ2n) is 4.88. The summed E-state index contributed by atoms with van der Waals surface area (Å²) in [5, 5.41) is 9.02. The van der Waals surface area contributed by atoms with Gasteiger partial charge in [0.25, 0.3) is 0 Å². The monoisotopic (exact) mass is 271 g/mol. The minimum absolute atomic E-state index is 0.0429. The summed E-state index contributed by atoms with van der Waals surface area (Å²) in [5.41, 5.74) is 7.09. The molecule has 0 saturated heterocycles. The second-order valence-corrected chi connectivity index (χ2v) is 4.88. The summed E-state index contributed by atoms with van der Waals surface area (Å²) in [5.74, 6) is 0.506. The number of rotatable bonds is 4. The normalized spacial score (nSPS) is 10.6. The fourth-order valence-electron chi connectivity index (χ4n) is 1.84. The van der Waals surface area contributed by atoms with Gasteiger partial charge in [0.15, 0.2) is 0 Å². The summed E-state index contributed by atoms with van der Waals surface area (Å²) in [6, 6.07) is 12.3. The number of benzene rings is 2. The lowest BCUT2D eigenvalue weighted by Crippen LogP contribution is -2.02. The molecule has 0 atom stereocenters. The van der Waals surface area contributed by atoms with Crippen LogP contribution in [0.1, 0.15) is 35.7 Å². The number of carboxylic acids is 1. The van der Waals surface area contributed by atoms with Gasteiger partial charge in [-0.3, -0.25) is 0 Å². The van der Waals surface area contributed by atoms with E-state index in [0.29, 0.717) is 17.4 Å². The summed E-state index contributed by atoms with van der Waals surface area (Å²) >= 11 is 0. The average Bonchev–Trinajstić information content (AvgIpc) is 2.41. The Bertz CT molecular complexity index is 618. The molecule has 2 rings (SSSR count). The Hall–Kier alpha value is -2.49. The van der Waals surface area contributed by atoms with Crippen LogP contribution in [-0.4, -0.2) is 11.1 Å². The zero-order valence-corrected chi connectivity index (χ0v) is 11.5. The highest BCUT2D eigenvalue weighted by Crippen LogP contribution is 2.26. The molecule has 0 fully saturated rings. The first-order valence-electron chi connectivity index (χ1n) is 6.38. The third-order valence-electron chi connectivity index (χ3n) is 3.04. The average molecular weight is 271 g/mol. The van der Waals surface area contributed by atoms with Crippen LogP contribution < -0.4 is 10.5 Å². The summed E-state index contributed by atoms with van der Waals surface area (Å²) in [6.07, 6.45) is 0. The van der Waals surface area contributed by atoms with Gasteiger partial charge in [-0.2, -0.15) is 0 Å². The Morgan fingerprint density at radius 2 is 1.70 bits per heavy atom. The zero-order valence-electron chi connectivity index (χ0n) is 11.5. The minimum atomic E-state index is -1.07. The van der Waals surface area contributed by atoms with E-state index in [0.717, 1.165) is 0 Å². The molecule has 0 bridgehead atoms. The molecule has 20 heavy (non-hydrogen) atoms. The second kappa shape index (κ2) is 5.65. The van der Waals surface area contributed by atoms with Gasteiger partial charge in [0.2, 0.25) is 0 Å². The van der Waals surface area contributed by atoms with Crippen LogP contribution >= 0.6 is 0 Å². The Kier molecular flexibility index (Phi) is 3.94. The first-order valence-corrected chi connectivity index (χ1v) is 6.38. The van der Waals surface area contributed by atoms with Crippen molar-refractivity contribution in [2.45, 2.75) is 19.8 Å². The minimum Gasteiger partial charge on any atom is -0.478 e. The van der Waals surface area contributed by atoms with Crippen molar-refractivity contribution < 1.29 is 14.6 Å². The van der Waals surface area contributed by atoms with Crippen molar-refractivity contribution in [1.82, 2.24) is 0 Å². The lowest BCUT2D eigenvalue weighted by molar-refractivity contribution is 0.0697. The van der Waals surface area contributed by atoms with Gasteiger partial charge in [-0.05, 0) is 41.8 Å². The topological polar surface area (TPSA) is 72.5 Å². The number of anilines is 1. The third-order valence-corrected chi connectivity index (χ3v) is 3.04. The van der Waals surface area contributed by atoms with Crippen molar-refractivity contribution in [2.75, 3.05) is 5.73 Å². The molecule has 0 aliphatic carbocycles. The summed E-state index contributed by atoms with van der Waals surface area (Å²) < 4.78 is 5.64. The van der Waals surface area contributed by atoms with Crippen LogP contribution in [0.15, 0.2) is 42.5 Å². The van der Waals surface area contributed by atoms with Gasteiger partial charge in [0, 0.05) is 5.69 Å². The van der Waals surface area contributed by atoms with E-state index in [1.807, 2.05) is 24.3 Å². The van der Waals surface area contributed by atoms with E-state index < -0.39 is 5.97 Å². The molecule has 2 aromatic rings. The summed E-state index contributed by atoms with van der Waals surface area (Å²) in [4.78, 5) is 11.0. The molecule has 0 unspecified atom stereocenters. The number of carbonyl (C=O) groups is 1. The van der Waals surface area contributed by atoms with Crippen molar-refractivity contribution in [3.63, 3.8) is 0 Å². The van der Waals surface area contributed by atoms with Crippen molar-refractivity contribution in [1.29, 1.82) is 0 Å². The van der Waals surface area contributed by atoms with Crippen molar-refractivity contribution >= 4 is 11.7 Å². The molecule has 104 valence electrons. The summed E-state index contributed by atoms with van der Waals surface area (Å²) in [7, 11) is 0. The van der Waals surface area contributed by atoms with Crippen LogP contribution in [0, 0.1) is 0 Å². The van der Waals surface area contributed by atoms with E-state index in [1.54, 1.807) is 6.07 Å². The maximum absolute atomic E-state index is 11.0. The first kappa shape index (κ1) is 13.9. The molecule has 0 spiro atoms. The predicted molar refractivity (Wildman–Crippen MR) is 78.4 cm³/mol. The molecule has 0 aromatic heterocycles. The zero-order chi connectivity index (χ0) is 14.7. The highest BCUT2D eigenvalue weighted by molar-refractivity contribution is 5.94. The van der Waals surface area contributed by atoms with Crippen LogP contribution in [-0.2, 0) is 0 Å². The van der Waals surface area contributed by atoms with Gasteiger partial charge in [-0.1, -0.05) is 26.0 Å². The molecular formula is C16H17NO3. The lowest BCUT2D eigenvalue weighted by atomic mass is 10.0. The Labute approximate surface area is 117 Å². The van der Waals surface area contributed by atoms with Crippen molar-refractivity contribution in [3.05, 3.63) is 53.6 Å². The predicted octanol–water partition coefficient (Wildman–Crippen LogP) is 3.88. The molecular weight excluding hydrogens is 254 g/mol. The van der Waals surface area contributed by atoms with Gasteiger partial charge in [0.1, 0.15) is 11.5 Å². The Morgan fingerprint density at radius 1 is 1.10 bits per heavy atom. The van der Waals surface area contributed by atoms with Gasteiger partial charge in [-0.15, -0.1) is 0 Å². The van der Waals surface area contributed by atoms with E-state index in [4.69, 9.17) is 15.6 Å². The van der Waals surface area contributed by atoms with Crippen LogP contribution in [0.25, 0.3) is 0 Å². The molecule has 4 nitrogen and oxygen atoms in total. The molecule has 0 heterocycles. The van der Waals surface area contributed by atoms with Crippen molar-refractivity contribution in [2.24, 2.45) is 0 Å². The molecule has 0 saturated carbocycles. The van der Waals surface area contributed by atoms with Gasteiger partial charge in [-0.25, -0.2) is 4.79 Å². The quantitative estimate of drug-likeness (QED) is 0.828. The number of carboxylic acid groups (broad SMARTS) is 1. The maximum atomic E-state index is 11.0. The first-order chi connectivity index (χ1) is 9.47. The van der Waals surface area contributed by atoms with Crippen molar-refractivity contribution in [3.8, 4) is 11.5 Å². The molecule has 3 N–H and O–H groups in total. The third kappa shape index (κ3) is 3.09. The van der Waals surface area contributed by atoms with Gasteiger partial charge < -0.3 is 15.6 Å². The number of hydrogen-bond acceptors (Lipinski definition) is 3. The number of aromatic carboxylic acids is 1. The molecule has 0 radical (unpaired) electrons. The molecule has 0 aliphatic heterocycles. The fraction of sp³-hybridized carbons (Fsp3) is 0.188. The number of ether oxygens (including phenoxy) is 1. The molecule has 4 heteroatoms. The molecule has 2 aromatic carbocycles. The van der Waals surface area contributed by atoms with E-state index in [2.05, 4.69) is 13.8 Å². The van der Waals surface area contributed by atoms with Crippen LogP contribution in [0.4, 0.5) is 5.69 Å². The van der Waals surface area contributed by atoms with Crippen LogP contribution in [0.2, 0.25) is 0 Å². The SMILES string of the molecule is CC(C)c1ccc(Oc2ccc(N)c(C(=O)O)c2)cc1. The fourth-order valence-corrected chi connectivity index (χ4v) is 1.84. The van der Waals surface area contributed by atoms with E-state index in [9.17, 15) is 4.79 Å². The van der Waals surface area contributed by atoms with Crippen LogP contribution in [0.3, 0.4) is 0 Å². The Morgan fingerprint density at radius 3 is 2.25 bits per heavy atom. The number of nitrogen functional groups attached to an aromatic ring is 1.